The van der Waals surface area contributed by atoms with E-state index in [9.17, 15) is 9.18 Å². The molecule has 3 heteroatoms. The van der Waals surface area contributed by atoms with Gasteiger partial charge in [-0.15, -0.1) is 0 Å². The maximum Gasteiger partial charge on any atom is 0.176 e. The molecule has 1 rings (SSSR count). The lowest BCUT2D eigenvalue weighted by atomic mass is 10.1. The Morgan fingerprint density at radius 1 is 1.36 bits per heavy atom. The van der Waals surface area contributed by atoms with Crippen molar-refractivity contribution in [1.82, 2.24) is 4.90 Å². The fraction of sp³-hybridized carbons (Fsp3) is 0.364. The second-order valence-electron chi connectivity index (χ2n) is 3.68. The van der Waals surface area contributed by atoms with Crippen molar-refractivity contribution >= 4 is 5.78 Å². The first-order valence-corrected chi connectivity index (χ1v) is 4.44. The van der Waals surface area contributed by atoms with Crippen LogP contribution in [-0.4, -0.2) is 31.3 Å². The summed E-state index contributed by atoms with van der Waals surface area (Å²) in [5.74, 6) is -0.412. The first-order valence-electron chi connectivity index (χ1n) is 4.44. The fourth-order valence-corrected chi connectivity index (χ4v) is 1.28. The molecule has 0 aromatic heterocycles. The first kappa shape index (κ1) is 10.9. The molecule has 0 spiro atoms. The Morgan fingerprint density at radius 2 is 2.00 bits per heavy atom. The van der Waals surface area contributed by atoms with Crippen LogP contribution in [0.2, 0.25) is 0 Å². The lowest BCUT2D eigenvalue weighted by molar-refractivity contribution is 0.0957. The van der Waals surface area contributed by atoms with Gasteiger partial charge >= 0.3 is 0 Å². The van der Waals surface area contributed by atoms with Crippen LogP contribution < -0.4 is 0 Å². The zero-order valence-electron chi connectivity index (χ0n) is 8.67. The molecule has 0 heterocycles. The van der Waals surface area contributed by atoms with Crippen LogP contribution in [0.3, 0.4) is 0 Å². The second kappa shape index (κ2) is 4.33. The molecule has 0 atom stereocenters. The van der Waals surface area contributed by atoms with E-state index in [0.717, 1.165) is 5.56 Å². The van der Waals surface area contributed by atoms with Gasteiger partial charge < -0.3 is 4.90 Å². The summed E-state index contributed by atoms with van der Waals surface area (Å²) in [7, 11) is 3.62. The van der Waals surface area contributed by atoms with Gasteiger partial charge in [-0.2, -0.15) is 0 Å². The third kappa shape index (κ3) is 2.92. The summed E-state index contributed by atoms with van der Waals surface area (Å²) in [5, 5.41) is 0. The van der Waals surface area contributed by atoms with E-state index in [1.54, 1.807) is 17.9 Å². The number of benzene rings is 1. The predicted octanol–water partition coefficient (Wildman–Crippen LogP) is 1.88. The number of ketones is 1. The van der Waals surface area contributed by atoms with E-state index in [-0.39, 0.29) is 11.6 Å². The highest BCUT2D eigenvalue weighted by molar-refractivity contribution is 5.97. The minimum Gasteiger partial charge on any atom is -0.302 e. The number of hydrogen-bond donors (Lipinski definition) is 0. The number of rotatable bonds is 3. The van der Waals surface area contributed by atoms with Crippen LogP contribution in [-0.2, 0) is 0 Å². The van der Waals surface area contributed by atoms with Gasteiger partial charge in [0.1, 0.15) is 5.82 Å². The van der Waals surface area contributed by atoms with Gasteiger partial charge in [0, 0.05) is 5.56 Å². The van der Waals surface area contributed by atoms with Gasteiger partial charge in [-0.1, -0.05) is 0 Å². The number of aryl methyl sites for hydroxylation is 1. The molecular weight excluding hydrogens is 181 g/mol. The lowest BCUT2D eigenvalue weighted by Gasteiger charge is -2.08. The molecule has 0 aliphatic rings. The van der Waals surface area contributed by atoms with E-state index < -0.39 is 0 Å². The summed E-state index contributed by atoms with van der Waals surface area (Å²) in [6.45, 7) is 2.08. The van der Waals surface area contributed by atoms with Crippen molar-refractivity contribution in [3.05, 3.63) is 35.1 Å². The van der Waals surface area contributed by atoms with Gasteiger partial charge in [-0.05, 0) is 44.8 Å². The zero-order chi connectivity index (χ0) is 10.7. The standard InChI is InChI=1S/C11H14FNO/c1-8-4-9(6-10(12)5-8)11(14)7-13(2)3/h4-6H,7H2,1-3H3. The predicted molar refractivity (Wildman–Crippen MR) is 54.0 cm³/mol. The van der Waals surface area contributed by atoms with E-state index in [1.165, 1.54) is 12.1 Å². The summed E-state index contributed by atoms with van der Waals surface area (Å²) < 4.78 is 13.0. The monoisotopic (exact) mass is 195 g/mol. The highest BCUT2D eigenvalue weighted by Crippen LogP contribution is 2.09. The van der Waals surface area contributed by atoms with Crippen molar-refractivity contribution in [1.29, 1.82) is 0 Å². The summed E-state index contributed by atoms with van der Waals surface area (Å²) in [6, 6.07) is 4.39. The third-order valence-electron chi connectivity index (χ3n) is 1.82. The van der Waals surface area contributed by atoms with Crippen LogP contribution in [0, 0.1) is 12.7 Å². The number of carbonyl (C=O) groups is 1. The van der Waals surface area contributed by atoms with Crippen molar-refractivity contribution in [2.24, 2.45) is 0 Å². The number of Topliss-reactive ketones (excluding diaryl/α,β-unsaturated/α-hetero) is 1. The maximum atomic E-state index is 13.0. The van der Waals surface area contributed by atoms with Crippen molar-refractivity contribution < 1.29 is 9.18 Å². The average molecular weight is 195 g/mol. The van der Waals surface area contributed by atoms with Gasteiger partial charge in [0.25, 0.3) is 0 Å². The average Bonchev–Trinajstić information content (AvgIpc) is 2.00. The molecule has 14 heavy (non-hydrogen) atoms. The third-order valence-corrected chi connectivity index (χ3v) is 1.82. The summed E-state index contributed by atoms with van der Waals surface area (Å²) >= 11 is 0. The van der Waals surface area contributed by atoms with Crippen molar-refractivity contribution in [2.45, 2.75) is 6.92 Å². The highest BCUT2D eigenvalue weighted by Gasteiger charge is 2.08. The van der Waals surface area contributed by atoms with Crippen LogP contribution in [0.5, 0.6) is 0 Å². The molecule has 1 aromatic rings. The van der Waals surface area contributed by atoms with Gasteiger partial charge in [0.05, 0.1) is 6.54 Å². The Hall–Kier alpha value is -1.22. The number of carbonyl (C=O) groups excluding carboxylic acids is 1. The van der Waals surface area contributed by atoms with Gasteiger partial charge in [-0.25, -0.2) is 4.39 Å². The SMILES string of the molecule is Cc1cc(F)cc(C(=O)CN(C)C)c1. The topological polar surface area (TPSA) is 20.3 Å². The van der Waals surface area contributed by atoms with Crippen LogP contribution in [0.1, 0.15) is 15.9 Å². The number of nitrogens with zero attached hydrogens (tertiary/aromatic N) is 1. The smallest absolute Gasteiger partial charge is 0.176 e. The Balaban J connectivity index is 2.90. The Kier molecular flexibility index (Phi) is 3.36. The summed E-state index contributed by atoms with van der Waals surface area (Å²) in [4.78, 5) is 13.3. The maximum absolute atomic E-state index is 13.0. The molecule has 0 radical (unpaired) electrons. The molecule has 1 aromatic carbocycles. The highest BCUT2D eigenvalue weighted by atomic mass is 19.1. The summed E-state index contributed by atoms with van der Waals surface area (Å²) in [5.41, 5.74) is 1.21. The van der Waals surface area contributed by atoms with E-state index >= 15 is 0 Å². The molecule has 0 aliphatic heterocycles. The molecule has 0 N–H and O–H groups in total. The molecule has 2 nitrogen and oxygen atoms in total. The lowest BCUT2D eigenvalue weighted by Crippen LogP contribution is -2.21. The van der Waals surface area contributed by atoms with E-state index in [4.69, 9.17) is 0 Å². The van der Waals surface area contributed by atoms with Crippen LogP contribution in [0.15, 0.2) is 18.2 Å². The van der Waals surface area contributed by atoms with Crippen LogP contribution in [0.4, 0.5) is 4.39 Å². The van der Waals surface area contributed by atoms with Crippen molar-refractivity contribution in [3.63, 3.8) is 0 Å². The van der Waals surface area contributed by atoms with Crippen LogP contribution >= 0.6 is 0 Å². The van der Waals surface area contributed by atoms with E-state index in [1.807, 2.05) is 14.1 Å². The molecule has 76 valence electrons. The Bertz CT molecular complexity index is 327. The molecule has 0 bridgehead atoms. The molecule has 0 unspecified atom stereocenters. The minimum atomic E-state index is -0.355. The molecule has 0 aliphatic carbocycles. The molecule has 0 fully saturated rings. The van der Waals surface area contributed by atoms with Gasteiger partial charge in [0.2, 0.25) is 0 Å². The van der Waals surface area contributed by atoms with Crippen LogP contribution in [0.25, 0.3) is 0 Å². The normalized spacial score (nSPS) is 10.6. The largest absolute Gasteiger partial charge is 0.302 e. The van der Waals surface area contributed by atoms with Crippen molar-refractivity contribution in [3.8, 4) is 0 Å². The summed E-state index contributed by atoms with van der Waals surface area (Å²) in [6.07, 6.45) is 0. The minimum absolute atomic E-state index is 0.0578. The fourth-order valence-electron chi connectivity index (χ4n) is 1.28. The van der Waals surface area contributed by atoms with Gasteiger partial charge in [-0.3, -0.25) is 4.79 Å². The number of hydrogen-bond acceptors (Lipinski definition) is 2. The molecule has 0 saturated carbocycles. The van der Waals surface area contributed by atoms with E-state index in [2.05, 4.69) is 0 Å². The van der Waals surface area contributed by atoms with Crippen molar-refractivity contribution in [2.75, 3.05) is 20.6 Å². The quantitative estimate of drug-likeness (QED) is 0.686. The number of likely N-dealkylation sites (N-methyl/N-ethyl adjacent to an activating group) is 1. The zero-order valence-corrected chi connectivity index (χ0v) is 8.67. The second-order valence-corrected chi connectivity index (χ2v) is 3.68. The van der Waals surface area contributed by atoms with E-state index in [0.29, 0.717) is 12.1 Å². The Morgan fingerprint density at radius 3 is 2.50 bits per heavy atom. The first-order chi connectivity index (χ1) is 6.49. The van der Waals surface area contributed by atoms with Gasteiger partial charge in [0.15, 0.2) is 5.78 Å². The molecular formula is C11H14FNO. The molecule has 0 saturated heterocycles. The number of halogens is 1. The molecule has 0 amide bonds. The Labute approximate surface area is 83.3 Å².